The molecule has 0 atom stereocenters. The Morgan fingerprint density at radius 3 is 3.00 bits per heavy atom. The molecule has 0 aromatic carbocycles. The molecule has 5 heteroatoms. The number of carbonyl (C=O) groups is 1. The Hall–Kier alpha value is -1.16. The first-order valence-electron chi connectivity index (χ1n) is 4.46. The third-order valence-electron chi connectivity index (χ3n) is 1.75. The van der Waals surface area contributed by atoms with Crippen LogP contribution in [-0.2, 0) is 11.2 Å². The van der Waals surface area contributed by atoms with Gasteiger partial charge in [-0.1, -0.05) is 18.5 Å². The second kappa shape index (κ2) is 5.54. The number of hydrogen-bond donors (Lipinski definition) is 1. The molecule has 1 heterocycles. The average Bonchev–Trinajstić information content (AvgIpc) is 2.21. The van der Waals surface area contributed by atoms with E-state index < -0.39 is 0 Å². The predicted octanol–water partition coefficient (Wildman–Crippen LogP) is 1.69. The summed E-state index contributed by atoms with van der Waals surface area (Å²) in [5, 5.41) is 3.52. The van der Waals surface area contributed by atoms with E-state index in [2.05, 4.69) is 15.3 Å². The summed E-state index contributed by atoms with van der Waals surface area (Å²) >= 11 is 6.01. The molecule has 76 valence electrons. The van der Waals surface area contributed by atoms with Gasteiger partial charge in [-0.05, 0) is 6.42 Å². The van der Waals surface area contributed by atoms with Gasteiger partial charge in [0.1, 0.15) is 23.5 Å². The Labute approximate surface area is 87.7 Å². The highest BCUT2D eigenvalue weighted by Gasteiger charge is 2.06. The van der Waals surface area contributed by atoms with Crippen LogP contribution in [0.3, 0.4) is 0 Å². The molecule has 0 bridgehead atoms. The molecule has 0 spiro atoms. The molecule has 0 unspecified atom stereocenters. The molecular formula is C9H12ClN3O. The second-order valence-electron chi connectivity index (χ2n) is 2.72. The van der Waals surface area contributed by atoms with Gasteiger partial charge in [-0.25, -0.2) is 9.97 Å². The van der Waals surface area contributed by atoms with Crippen molar-refractivity contribution in [1.29, 1.82) is 0 Å². The van der Waals surface area contributed by atoms with Crippen LogP contribution in [0.5, 0.6) is 0 Å². The van der Waals surface area contributed by atoms with Gasteiger partial charge in [-0.15, -0.1) is 0 Å². The van der Waals surface area contributed by atoms with Crippen molar-refractivity contribution in [3.63, 3.8) is 0 Å². The lowest BCUT2D eigenvalue weighted by Crippen LogP contribution is -2.06. The van der Waals surface area contributed by atoms with Gasteiger partial charge in [0, 0.05) is 13.0 Å². The monoisotopic (exact) mass is 213 g/mol. The van der Waals surface area contributed by atoms with E-state index in [4.69, 9.17) is 11.6 Å². The van der Waals surface area contributed by atoms with E-state index in [0.717, 1.165) is 18.4 Å². The number of nitrogens with zero attached hydrogens (tertiary/aromatic N) is 2. The van der Waals surface area contributed by atoms with Crippen molar-refractivity contribution in [2.75, 3.05) is 11.9 Å². The summed E-state index contributed by atoms with van der Waals surface area (Å²) in [6.07, 6.45) is 3.53. The van der Waals surface area contributed by atoms with Crippen LogP contribution in [0.4, 0.5) is 5.82 Å². The third-order valence-corrected chi connectivity index (χ3v) is 2.15. The number of halogens is 1. The molecule has 1 aromatic heterocycles. The molecule has 4 nitrogen and oxygen atoms in total. The Bertz CT molecular complexity index is 317. The normalized spacial score (nSPS) is 9.86. The zero-order valence-electron chi connectivity index (χ0n) is 7.96. The fourth-order valence-electron chi connectivity index (χ4n) is 1.03. The van der Waals surface area contributed by atoms with Crippen LogP contribution in [-0.4, -0.2) is 22.8 Å². The molecular weight excluding hydrogens is 202 g/mol. The van der Waals surface area contributed by atoms with E-state index in [1.165, 1.54) is 6.33 Å². The highest BCUT2D eigenvalue weighted by molar-refractivity contribution is 6.33. The number of anilines is 1. The summed E-state index contributed by atoms with van der Waals surface area (Å²) in [5.74, 6) is 0.598. The first-order chi connectivity index (χ1) is 6.79. The molecule has 0 aliphatic rings. The predicted molar refractivity (Wildman–Crippen MR) is 55.6 cm³/mol. The Morgan fingerprint density at radius 2 is 2.36 bits per heavy atom. The number of aldehydes is 1. The van der Waals surface area contributed by atoms with Crippen LogP contribution >= 0.6 is 11.6 Å². The van der Waals surface area contributed by atoms with Crippen molar-refractivity contribution in [2.45, 2.75) is 19.8 Å². The van der Waals surface area contributed by atoms with E-state index in [0.29, 0.717) is 23.8 Å². The summed E-state index contributed by atoms with van der Waals surface area (Å²) < 4.78 is 0. The smallest absolute Gasteiger partial charge is 0.148 e. The van der Waals surface area contributed by atoms with Crippen molar-refractivity contribution < 1.29 is 4.79 Å². The second-order valence-corrected chi connectivity index (χ2v) is 3.10. The fourth-order valence-corrected chi connectivity index (χ4v) is 1.32. The molecule has 0 saturated carbocycles. The first kappa shape index (κ1) is 10.9. The zero-order chi connectivity index (χ0) is 10.4. The van der Waals surface area contributed by atoms with Crippen molar-refractivity contribution in [2.24, 2.45) is 0 Å². The molecule has 0 aliphatic heterocycles. The van der Waals surface area contributed by atoms with Crippen LogP contribution in [0.25, 0.3) is 0 Å². The van der Waals surface area contributed by atoms with E-state index in [-0.39, 0.29) is 0 Å². The van der Waals surface area contributed by atoms with Crippen LogP contribution < -0.4 is 5.32 Å². The van der Waals surface area contributed by atoms with Crippen molar-refractivity contribution >= 4 is 23.7 Å². The molecule has 0 fully saturated rings. The summed E-state index contributed by atoms with van der Waals surface area (Å²) in [4.78, 5) is 18.1. The van der Waals surface area contributed by atoms with Crippen LogP contribution in [0.2, 0.25) is 5.02 Å². The number of rotatable bonds is 5. The Balaban J connectivity index is 2.71. The maximum atomic E-state index is 10.1. The lowest BCUT2D eigenvalue weighted by atomic mass is 10.3. The van der Waals surface area contributed by atoms with Gasteiger partial charge in [-0.3, -0.25) is 0 Å². The summed E-state index contributed by atoms with van der Waals surface area (Å²) in [7, 11) is 0. The Kier molecular flexibility index (Phi) is 4.32. The highest BCUT2D eigenvalue weighted by Crippen LogP contribution is 2.21. The zero-order valence-corrected chi connectivity index (χ0v) is 8.71. The maximum absolute atomic E-state index is 10.1. The van der Waals surface area contributed by atoms with Gasteiger partial charge >= 0.3 is 0 Å². The molecule has 1 aromatic rings. The number of aromatic nitrogens is 2. The van der Waals surface area contributed by atoms with Gasteiger partial charge in [0.05, 0.1) is 5.69 Å². The van der Waals surface area contributed by atoms with Gasteiger partial charge in [-0.2, -0.15) is 0 Å². The lowest BCUT2D eigenvalue weighted by Gasteiger charge is -2.07. The summed E-state index contributed by atoms with van der Waals surface area (Å²) in [5.41, 5.74) is 0.815. The van der Waals surface area contributed by atoms with Gasteiger partial charge in [0.15, 0.2) is 0 Å². The number of aryl methyl sites for hydroxylation is 1. The largest absolute Gasteiger partial charge is 0.368 e. The number of carbonyl (C=O) groups excluding carboxylic acids is 1. The average molecular weight is 214 g/mol. The van der Waals surface area contributed by atoms with E-state index >= 15 is 0 Å². The molecule has 1 rings (SSSR count). The first-order valence-corrected chi connectivity index (χ1v) is 4.84. The van der Waals surface area contributed by atoms with E-state index in [1.54, 1.807) is 0 Å². The van der Waals surface area contributed by atoms with Crippen LogP contribution in [0.15, 0.2) is 6.33 Å². The SMILES string of the molecule is CCc1ncnc(NCCC=O)c1Cl. The minimum atomic E-state index is 0.446. The minimum absolute atomic E-state index is 0.446. The molecule has 14 heavy (non-hydrogen) atoms. The molecule has 0 radical (unpaired) electrons. The van der Waals surface area contributed by atoms with E-state index in [9.17, 15) is 4.79 Å². The number of nitrogens with one attached hydrogen (secondary N) is 1. The topological polar surface area (TPSA) is 54.9 Å². The van der Waals surface area contributed by atoms with Gasteiger partial charge in [0.25, 0.3) is 0 Å². The maximum Gasteiger partial charge on any atom is 0.148 e. The third kappa shape index (κ3) is 2.67. The molecule has 0 saturated heterocycles. The molecule has 0 aliphatic carbocycles. The molecule has 1 N–H and O–H groups in total. The van der Waals surface area contributed by atoms with Crippen molar-refractivity contribution in [3.8, 4) is 0 Å². The van der Waals surface area contributed by atoms with Crippen LogP contribution in [0, 0.1) is 0 Å². The van der Waals surface area contributed by atoms with Gasteiger partial charge < -0.3 is 10.1 Å². The molecule has 0 amide bonds. The quantitative estimate of drug-likeness (QED) is 0.598. The lowest BCUT2D eigenvalue weighted by molar-refractivity contribution is -0.107. The van der Waals surface area contributed by atoms with Crippen LogP contribution in [0.1, 0.15) is 19.0 Å². The van der Waals surface area contributed by atoms with Gasteiger partial charge in [0.2, 0.25) is 0 Å². The summed E-state index contributed by atoms with van der Waals surface area (Å²) in [6, 6.07) is 0. The highest BCUT2D eigenvalue weighted by atomic mass is 35.5. The minimum Gasteiger partial charge on any atom is -0.368 e. The fraction of sp³-hybridized carbons (Fsp3) is 0.444. The van der Waals surface area contributed by atoms with E-state index in [1.807, 2.05) is 6.92 Å². The van der Waals surface area contributed by atoms with Crippen molar-refractivity contribution in [3.05, 3.63) is 17.0 Å². The summed E-state index contributed by atoms with van der Waals surface area (Å²) in [6.45, 7) is 2.52. The number of hydrogen-bond acceptors (Lipinski definition) is 4. The van der Waals surface area contributed by atoms with Crippen molar-refractivity contribution in [1.82, 2.24) is 9.97 Å². The Morgan fingerprint density at radius 1 is 1.57 bits per heavy atom. The standard InChI is InChI=1S/C9H12ClN3O/c1-2-7-8(10)9(13-6-12-7)11-4-3-5-14/h5-6H,2-4H2,1H3,(H,11,12,13).